The predicted molar refractivity (Wildman–Crippen MR) is 78.1 cm³/mol. The van der Waals surface area contributed by atoms with Gasteiger partial charge in [-0.1, -0.05) is 39.0 Å². The van der Waals surface area contributed by atoms with Crippen molar-refractivity contribution in [2.45, 2.75) is 58.9 Å². The summed E-state index contributed by atoms with van der Waals surface area (Å²) in [6, 6.07) is 0.148. The SMILES string of the molecule is CCN(CCO)C(=O)NC(C)C(C)C1CCCCC1. The first kappa shape index (κ1) is 16.3. The van der Waals surface area contributed by atoms with Gasteiger partial charge in [-0.3, -0.25) is 0 Å². The van der Waals surface area contributed by atoms with Gasteiger partial charge in [0, 0.05) is 19.1 Å². The predicted octanol–water partition coefficient (Wildman–Crippen LogP) is 2.62. The summed E-state index contributed by atoms with van der Waals surface area (Å²) in [5.41, 5.74) is 0. The van der Waals surface area contributed by atoms with Gasteiger partial charge in [-0.05, 0) is 25.7 Å². The van der Waals surface area contributed by atoms with Crippen LogP contribution < -0.4 is 5.32 Å². The molecule has 112 valence electrons. The van der Waals surface area contributed by atoms with E-state index in [9.17, 15) is 4.79 Å². The first-order valence-corrected chi connectivity index (χ1v) is 7.76. The molecule has 0 aromatic rings. The Morgan fingerprint density at radius 1 is 1.32 bits per heavy atom. The topological polar surface area (TPSA) is 52.6 Å². The van der Waals surface area contributed by atoms with Gasteiger partial charge in [-0.15, -0.1) is 0 Å². The van der Waals surface area contributed by atoms with Crippen LogP contribution in [0.4, 0.5) is 4.79 Å². The highest BCUT2D eigenvalue weighted by Gasteiger charge is 2.26. The number of hydrogen-bond acceptors (Lipinski definition) is 2. The Hall–Kier alpha value is -0.770. The molecule has 0 saturated heterocycles. The number of hydrogen-bond donors (Lipinski definition) is 2. The lowest BCUT2D eigenvalue weighted by molar-refractivity contribution is 0.166. The summed E-state index contributed by atoms with van der Waals surface area (Å²) in [6.45, 7) is 7.36. The first-order valence-electron chi connectivity index (χ1n) is 7.76. The molecule has 0 aromatic carbocycles. The van der Waals surface area contributed by atoms with Gasteiger partial charge in [-0.25, -0.2) is 4.79 Å². The lowest BCUT2D eigenvalue weighted by Gasteiger charge is -2.33. The van der Waals surface area contributed by atoms with Crippen LogP contribution in [0.5, 0.6) is 0 Å². The van der Waals surface area contributed by atoms with Gasteiger partial charge in [-0.2, -0.15) is 0 Å². The van der Waals surface area contributed by atoms with Crippen molar-refractivity contribution in [1.29, 1.82) is 0 Å². The maximum absolute atomic E-state index is 12.1. The van der Waals surface area contributed by atoms with Crippen molar-refractivity contribution < 1.29 is 9.90 Å². The number of nitrogens with one attached hydrogen (secondary N) is 1. The summed E-state index contributed by atoms with van der Waals surface area (Å²) < 4.78 is 0. The van der Waals surface area contributed by atoms with Gasteiger partial charge in [0.2, 0.25) is 0 Å². The van der Waals surface area contributed by atoms with Gasteiger partial charge in [0.15, 0.2) is 0 Å². The number of urea groups is 1. The molecular weight excluding hydrogens is 240 g/mol. The number of carbonyl (C=O) groups is 1. The van der Waals surface area contributed by atoms with Crippen molar-refractivity contribution in [1.82, 2.24) is 10.2 Å². The van der Waals surface area contributed by atoms with E-state index in [1.54, 1.807) is 4.90 Å². The monoisotopic (exact) mass is 270 g/mol. The smallest absolute Gasteiger partial charge is 0.317 e. The Labute approximate surface area is 117 Å². The fraction of sp³-hybridized carbons (Fsp3) is 0.933. The lowest BCUT2D eigenvalue weighted by atomic mass is 9.78. The molecule has 0 spiro atoms. The van der Waals surface area contributed by atoms with Crippen molar-refractivity contribution in [3.05, 3.63) is 0 Å². The summed E-state index contributed by atoms with van der Waals surface area (Å²) in [5.74, 6) is 1.27. The number of aliphatic hydroxyl groups excluding tert-OH is 1. The van der Waals surface area contributed by atoms with E-state index in [0.717, 1.165) is 5.92 Å². The maximum atomic E-state index is 12.1. The van der Waals surface area contributed by atoms with E-state index < -0.39 is 0 Å². The average molecular weight is 270 g/mol. The Bertz CT molecular complexity index is 265. The van der Waals surface area contributed by atoms with E-state index in [1.165, 1.54) is 32.1 Å². The van der Waals surface area contributed by atoms with Gasteiger partial charge >= 0.3 is 6.03 Å². The highest BCUT2D eigenvalue weighted by atomic mass is 16.3. The molecule has 2 unspecified atom stereocenters. The van der Waals surface area contributed by atoms with Crippen LogP contribution in [-0.2, 0) is 0 Å². The highest BCUT2D eigenvalue weighted by molar-refractivity contribution is 5.74. The van der Waals surface area contributed by atoms with E-state index in [2.05, 4.69) is 19.2 Å². The van der Waals surface area contributed by atoms with Gasteiger partial charge < -0.3 is 15.3 Å². The zero-order chi connectivity index (χ0) is 14.3. The second-order valence-corrected chi connectivity index (χ2v) is 5.80. The minimum absolute atomic E-state index is 0.0216. The number of rotatable bonds is 6. The standard InChI is InChI=1S/C15H30N2O2/c1-4-17(10-11-18)15(19)16-13(3)12(2)14-8-6-5-7-9-14/h12-14,18H,4-11H2,1-3H3,(H,16,19). The van der Waals surface area contributed by atoms with Crippen LogP contribution in [0.25, 0.3) is 0 Å². The lowest BCUT2D eigenvalue weighted by Crippen LogP contribution is -2.48. The van der Waals surface area contributed by atoms with Gasteiger partial charge in [0.05, 0.1) is 6.61 Å². The minimum Gasteiger partial charge on any atom is -0.395 e. The van der Waals surface area contributed by atoms with Crippen LogP contribution in [0, 0.1) is 11.8 Å². The molecule has 1 aliphatic rings. The second kappa shape index (κ2) is 8.41. The highest BCUT2D eigenvalue weighted by Crippen LogP contribution is 2.31. The Morgan fingerprint density at radius 3 is 2.47 bits per heavy atom. The third-order valence-corrected chi connectivity index (χ3v) is 4.57. The minimum atomic E-state index is -0.0493. The zero-order valence-corrected chi connectivity index (χ0v) is 12.7. The van der Waals surface area contributed by atoms with Crippen LogP contribution in [0.1, 0.15) is 52.9 Å². The average Bonchev–Trinajstić information content (AvgIpc) is 2.44. The first-order chi connectivity index (χ1) is 9.10. The Morgan fingerprint density at radius 2 is 1.95 bits per heavy atom. The summed E-state index contributed by atoms with van der Waals surface area (Å²) in [5, 5.41) is 12.0. The largest absolute Gasteiger partial charge is 0.395 e. The normalized spacial score (nSPS) is 19.8. The molecule has 2 amide bonds. The number of amides is 2. The van der Waals surface area contributed by atoms with Crippen molar-refractivity contribution in [2.75, 3.05) is 19.7 Å². The summed E-state index contributed by atoms with van der Waals surface area (Å²) in [7, 11) is 0. The Balaban J connectivity index is 2.43. The van der Waals surface area contributed by atoms with Crippen molar-refractivity contribution >= 4 is 6.03 Å². The van der Waals surface area contributed by atoms with Gasteiger partial charge in [0.25, 0.3) is 0 Å². The summed E-state index contributed by atoms with van der Waals surface area (Å²) in [4.78, 5) is 13.7. The summed E-state index contributed by atoms with van der Waals surface area (Å²) in [6.07, 6.45) is 6.64. The van der Waals surface area contributed by atoms with E-state index in [0.29, 0.717) is 19.0 Å². The molecule has 1 rings (SSSR count). The van der Waals surface area contributed by atoms with E-state index >= 15 is 0 Å². The molecule has 1 aliphatic carbocycles. The van der Waals surface area contributed by atoms with Crippen molar-refractivity contribution in [2.24, 2.45) is 11.8 Å². The molecule has 1 fully saturated rings. The molecule has 4 nitrogen and oxygen atoms in total. The van der Waals surface area contributed by atoms with Crippen LogP contribution in [-0.4, -0.2) is 41.8 Å². The van der Waals surface area contributed by atoms with E-state index in [1.807, 2.05) is 6.92 Å². The molecule has 19 heavy (non-hydrogen) atoms. The number of aliphatic hydroxyl groups is 1. The fourth-order valence-corrected chi connectivity index (χ4v) is 3.01. The van der Waals surface area contributed by atoms with Crippen molar-refractivity contribution in [3.8, 4) is 0 Å². The molecule has 2 atom stereocenters. The Kier molecular flexibility index (Phi) is 7.21. The fourth-order valence-electron chi connectivity index (χ4n) is 3.01. The molecule has 0 aliphatic heterocycles. The molecule has 2 N–H and O–H groups in total. The van der Waals surface area contributed by atoms with Crippen LogP contribution >= 0.6 is 0 Å². The van der Waals surface area contributed by atoms with Crippen LogP contribution in [0.2, 0.25) is 0 Å². The van der Waals surface area contributed by atoms with E-state index in [-0.39, 0.29) is 18.7 Å². The van der Waals surface area contributed by atoms with E-state index in [4.69, 9.17) is 5.11 Å². The van der Waals surface area contributed by atoms with Crippen molar-refractivity contribution in [3.63, 3.8) is 0 Å². The zero-order valence-electron chi connectivity index (χ0n) is 12.7. The molecule has 0 heterocycles. The number of likely N-dealkylation sites (N-methyl/N-ethyl adjacent to an activating group) is 1. The van der Waals surface area contributed by atoms with Crippen LogP contribution in [0.15, 0.2) is 0 Å². The third kappa shape index (κ3) is 5.01. The molecular formula is C15H30N2O2. The molecule has 1 saturated carbocycles. The maximum Gasteiger partial charge on any atom is 0.317 e. The molecule has 4 heteroatoms. The third-order valence-electron chi connectivity index (χ3n) is 4.57. The molecule has 0 radical (unpaired) electrons. The molecule has 0 bridgehead atoms. The van der Waals surface area contributed by atoms with Crippen LogP contribution in [0.3, 0.4) is 0 Å². The number of nitrogens with zero attached hydrogens (tertiary/aromatic N) is 1. The quantitative estimate of drug-likeness (QED) is 0.779. The number of carbonyl (C=O) groups excluding carboxylic acids is 1. The second-order valence-electron chi connectivity index (χ2n) is 5.80. The van der Waals surface area contributed by atoms with Gasteiger partial charge in [0.1, 0.15) is 0 Å². The molecule has 0 aromatic heterocycles. The summed E-state index contributed by atoms with van der Waals surface area (Å²) >= 11 is 0.